The van der Waals surface area contributed by atoms with Gasteiger partial charge >= 0.3 is 14.8 Å². The van der Waals surface area contributed by atoms with Gasteiger partial charge in [0.05, 0.1) is 26.4 Å². The molecule has 0 saturated heterocycles. The molecular weight excluding hydrogens is 300 g/mol. The molecule has 0 radical (unpaired) electrons. The number of carbonyl (C=O) groups is 1. The fraction of sp³-hybridized carbons (Fsp3) is 0.438. The van der Waals surface area contributed by atoms with E-state index in [9.17, 15) is 4.79 Å². The molecule has 0 aromatic heterocycles. The van der Waals surface area contributed by atoms with Crippen LogP contribution in [0.2, 0.25) is 6.04 Å². The highest BCUT2D eigenvalue weighted by Gasteiger charge is 2.40. The summed E-state index contributed by atoms with van der Waals surface area (Å²) in [5, 5.41) is 0. The molecule has 0 saturated carbocycles. The van der Waals surface area contributed by atoms with Crippen molar-refractivity contribution in [2.24, 2.45) is 0 Å². The van der Waals surface area contributed by atoms with E-state index in [1.54, 1.807) is 25.2 Å². The number of hydrogen-bond donors (Lipinski definition) is 0. The van der Waals surface area contributed by atoms with Crippen LogP contribution in [0.1, 0.15) is 13.3 Å². The lowest BCUT2D eigenvalue weighted by Crippen LogP contribution is -2.46. The van der Waals surface area contributed by atoms with E-state index >= 15 is 0 Å². The molecular formula is C16H26O5Si. The van der Waals surface area contributed by atoms with Crippen LogP contribution in [0, 0.1) is 0 Å². The predicted octanol–water partition coefficient (Wildman–Crippen LogP) is 3.04. The van der Waals surface area contributed by atoms with Gasteiger partial charge < -0.3 is 18.0 Å². The maximum absolute atomic E-state index is 11.3. The summed E-state index contributed by atoms with van der Waals surface area (Å²) in [6, 6.07) is 0.520. The van der Waals surface area contributed by atoms with Crippen LogP contribution in [-0.2, 0) is 22.8 Å². The molecule has 0 aliphatic heterocycles. The van der Waals surface area contributed by atoms with Crippen molar-refractivity contribution in [3.8, 4) is 0 Å². The molecule has 0 fully saturated rings. The van der Waals surface area contributed by atoms with Crippen LogP contribution in [0.15, 0.2) is 50.1 Å². The van der Waals surface area contributed by atoms with Crippen molar-refractivity contribution in [1.29, 1.82) is 0 Å². The minimum absolute atomic E-state index is 0.257. The summed E-state index contributed by atoms with van der Waals surface area (Å²) in [7, 11) is -2.89. The molecule has 0 amide bonds. The van der Waals surface area contributed by atoms with Crippen LogP contribution in [0.3, 0.4) is 0 Å². The first-order valence-corrected chi connectivity index (χ1v) is 9.01. The Morgan fingerprint density at radius 3 is 1.82 bits per heavy atom. The molecule has 0 aliphatic carbocycles. The average molecular weight is 326 g/mol. The smallest absolute Gasteiger partial charge is 0.462 e. The Kier molecular flexibility index (Phi) is 11.3. The predicted molar refractivity (Wildman–Crippen MR) is 89.4 cm³/mol. The first-order valence-electron chi connectivity index (χ1n) is 7.08. The molecule has 0 unspecified atom stereocenters. The second-order valence-electron chi connectivity index (χ2n) is 4.50. The lowest BCUT2D eigenvalue weighted by atomic mass is 10.4. The van der Waals surface area contributed by atoms with Crippen LogP contribution in [0.5, 0.6) is 0 Å². The lowest BCUT2D eigenvalue weighted by Gasteiger charge is -2.28. The SMILES string of the molecule is C=CCO[Si](CCCOC(=O)C(=C)C)(OCC=C)OCC=C. The summed E-state index contributed by atoms with van der Waals surface area (Å²) >= 11 is 0. The van der Waals surface area contributed by atoms with Crippen molar-refractivity contribution < 1.29 is 22.8 Å². The monoisotopic (exact) mass is 326 g/mol. The van der Waals surface area contributed by atoms with Crippen molar-refractivity contribution >= 4 is 14.8 Å². The molecule has 22 heavy (non-hydrogen) atoms. The van der Waals surface area contributed by atoms with Gasteiger partial charge in [-0.15, -0.1) is 19.7 Å². The number of hydrogen-bond acceptors (Lipinski definition) is 5. The van der Waals surface area contributed by atoms with E-state index < -0.39 is 14.8 Å². The number of ether oxygens (including phenoxy) is 1. The van der Waals surface area contributed by atoms with Gasteiger partial charge in [-0.1, -0.05) is 24.8 Å². The summed E-state index contributed by atoms with van der Waals surface area (Å²) in [5.41, 5.74) is 0.372. The van der Waals surface area contributed by atoms with Crippen LogP contribution in [0.4, 0.5) is 0 Å². The lowest BCUT2D eigenvalue weighted by molar-refractivity contribution is -0.139. The highest BCUT2D eigenvalue weighted by atomic mass is 28.4. The topological polar surface area (TPSA) is 54.0 Å². The average Bonchev–Trinajstić information content (AvgIpc) is 2.52. The van der Waals surface area contributed by atoms with Crippen molar-refractivity contribution in [2.75, 3.05) is 26.4 Å². The Balaban J connectivity index is 4.60. The van der Waals surface area contributed by atoms with Gasteiger partial charge in [0.2, 0.25) is 0 Å². The summed E-state index contributed by atoms with van der Waals surface area (Å²) < 4.78 is 22.3. The van der Waals surface area contributed by atoms with E-state index in [1.807, 2.05) is 0 Å². The van der Waals surface area contributed by atoms with Crippen LogP contribution < -0.4 is 0 Å². The van der Waals surface area contributed by atoms with Crippen LogP contribution in [0.25, 0.3) is 0 Å². The highest BCUT2D eigenvalue weighted by molar-refractivity contribution is 6.60. The molecule has 0 atom stereocenters. The molecule has 0 aliphatic rings. The van der Waals surface area contributed by atoms with E-state index in [2.05, 4.69) is 26.3 Å². The second kappa shape index (κ2) is 12.1. The molecule has 0 rings (SSSR count). The number of rotatable bonds is 14. The van der Waals surface area contributed by atoms with Crippen molar-refractivity contribution in [1.82, 2.24) is 0 Å². The molecule has 6 heteroatoms. The van der Waals surface area contributed by atoms with E-state index in [0.717, 1.165) is 0 Å². The van der Waals surface area contributed by atoms with Gasteiger partial charge in [0.1, 0.15) is 0 Å². The summed E-state index contributed by atoms with van der Waals surface area (Å²) in [6.45, 7) is 17.3. The number of esters is 1. The molecule has 0 aromatic rings. The third-order valence-electron chi connectivity index (χ3n) is 2.47. The Bertz CT molecular complexity index is 361. The standard InChI is InChI=1S/C16H26O5Si/c1-6-10-19-22(20-11-7-2,21-12-8-3)14-9-13-18-16(17)15(4)5/h6-8H,1-4,9-14H2,5H3. The highest BCUT2D eigenvalue weighted by Crippen LogP contribution is 2.19. The molecule has 0 heterocycles. The largest absolute Gasteiger partial charge is 0.501 e. The van der Waals surface area contributed by atoms with Gasteiger partial charge in [-0.05, 0) is 13.3 Å². The van der Waals surface area contributed by atoms with Gasteiger partial charge in [0.15, 0.2) is 0 Å². The zero-order valence-corrected chi connectivity index (χ0v) is 14.3. The molecule has 0 aromatic carbocycles. The van der Waals surface area contributed by atoms with E-state index in [-0.39, 0.29) is 6.61 Å². The Morgan fingerprint density at radius 1 is 1.00 bits per heavy atom. The van der Waals surface area contributed by atoms with E-state index in [0.29, 0.717) is 37.9 Å². The Morgan fingerprint density at radius 2 is 1.45 bits per heavy atom. The minimum Gasteiger partial charge on any atom is -0.462 e. The molecule has 124 valence electrons. The fourth-order valence-electron chi connectivity index (χ4n) is 1.48. The first-order chi connectivity index (χ1) is 10.5. The Hall–Kier alpha value is -1.47. The van der Waals surface area contributed by atoms with Gasteiger partial charge in [0.25, 0.3) is 0 Å². The summed E-state index contributed by atoms with van der Waals surface area (Å²) in [5.74, 6) is -0.404. The molecule has 0 bridgehead atoms. The fourth-order valence-corrected chi connectivity index (χ4v) is 3.85. The number of carbonyl (C=O) groups excluding carboxylic acids is 1. The molecule has 0 spiro atoms. The maximum Gasteiger partial charge on any atom is 0.501 e. The zero-order chi connectivity index (χ0) is 16.8. The molecule has 0 N–H and O–H groups in total. The first kappa shape index (κ1) is 20.5. The van der Waals surface area contributed by atoms with E-state index in [4.69, 9.17) is 18.0 Å². The van der Waals surface area contributed by atoms with Gasteiger partial charge in [-0.3, -0.25) is 0 Å². The van der Waals surface area contributed by atoms with Gasteiger partial charge in [-0.2, -0.15) is 0 Å². The van der Waals surface area contributed by atoms with Crippen LogP contribution >= 0.6 is 0 Å². The van der Waals surface area contributed by atoms with Gasteiger partial charge in [-0.25, -0.2) is 4.79 Å². The third kappa shape index (κ3) is 8.73. The van der Waals surface area contributed by atoms with Crippen molar-refractivity contribution in [3.05, 3.63) is 50.1 Å². The van der Waals surface area contributed by atoms with E-state index in [1.165, 1.54) is 0 Å². The molecule has 5 nitrogen and oxygen atoms in total. The summed E-state index contributed by atoms with van der Waals surface area (Å²) in [4.78, 5) is 11.3. The summed E-state index contributed by atoms with van der Waals surface area (Å²) in [6.07, 6.45) is 5.48. The minimum atomic E-state index is -2.89. The normalized spacial score (nSPS) is 10.8. The van der Waals surface area contributed by atoms with Crippen molar-refractivity contribution in [2.45, 2.75) is 19.4 Å². The third-order valence-corrected chi connectivity index (χ3v) is 5.26. The zero-order valence-electron chi connectivity index (χ0n) is 13.3. The van der Waals surface area contributed by atoms with Gasteiger partial charge in [0, 0.05) is 11.6 Å². The van der Waals surface area contributed by atoms with Crippen molar-refractivity contribution in [3.63, 3.8) is 0 Å². The maximum atomic E-state index is 11.3. The quantitative estimate of drug-likeness (QED) is 0.161. The second-order valence-corrected chi connectivity index (χ2v) is 7.23. The van der Waals surface area contributed by atoms with Crippen LogP contribution in [-0.4, -0.2) is 41.2 Å². The Labute approximate surface area is 134 Å².